The molecule has 2 atom stereocenters. The second kappa shape index (κ2) is 14.1. The molecule has 220 valence electrons. The van der Waals surface area contributed by atoms with E-state index in [1.54, 1.807) is 37.3 Å². The number of nitrogens with zero attached hydrogens (tertiary/aromatic N) is 2. The van der Waals surface area contributed by atoms with E-state index in [2.05, 4.69) is 5.32 Å². The zero-order valence-electron chi connectivity index (χ0n) is 23.0. The molecule has 0 bridgehead atoms. The SMILES string of the molecule is CC[C@@H](C)NC(=O)[C@H](C)N(Cc1c(Cl)cccc1Cl)C(=O)CN(c1cc(Cl)cc(Cl)c1)S(=O)(=O)c1ccc(C)cc1. The summed E-state index contributed by atoms with van der Waals surface area (Å²) < 4.78 is 28.8. The Labute approximate surface area is 261 Å². The van der Waals surface area contributed by atoms with Crippen molar-refractivity contribution in [1.82, 2.24) is 10.2 Å². The summed E-state index contributed by atoms with van der Waals surface area (Å²) in [6, 6.07) is 14.3. The largest absolute Gasteiger partial charge is 0.352 e. The van der Waals surface area contributed by atoms with Crippen LogP contribution in [0.15, 0.2) is 65.6 Å². The van der Waals surface area contributed by atoms with Crippen molar-refractivity contribution in [3.05, 3.63) is 91.9 Å². The van der Waals surface area contributed by atoms with Crippen molar-refractivity contribution < 1.29 is 18.0 Å². The molecule has 3 aromatic rings. The van der Waals surface area contributed by atoms with Crippen LogP contribution in [-0.2, 0) is 26.2 Å². The van der Waals surface area contributed by atoms with Gasteiger partial charge in [0.1, 0.15) is 12.6 Å². The van der Waals surface area contributed by atoms with Crippen molar-refractivity contribution in [3.8, 4) is 0 Å². The summed E-state index contributed by atoms with van der Waals surface area (Å²) in [5.41, 5.74) is 1.37. The molecule has 0 aliphatic carbocycles. The number of halogens is 4. The van der Waals surface area contributed by atoms with Gasteiger partial charge in [-0.1, -0.05) is 77.1 Å². The van der Waals surface area contributed by atoms with Gasteiger partial charge in [0.25, 0.3) is 10.0 Å². The van der Waals surface area contributed by atoms with Crippen LogP contribution in [0, 0.1) is 6.92 Å². The van der Waals surface area contributed by atoms with E-state index in [1.807, 2.05) is 20.8 Å². The Morgan fingerprint density at radius 3 is 2.00 bits per heavy atom. The van der Waals surface area contributed by atoms with Gasteiger partial charge >= 0.3 is 0 Å². The van der Waals surface area contributed by atoms with Gasteiger partial charge < -0.3 is 10.2 Å². The smallest absolute Gasteiger partial charge is 0.264 e. The van der Waals surface area contributed by atoms with E-state index in [0.717, 1.165) is 9.87 Å². The number of anilines is 1. The number of amides is 2. The molecule has 0 fully saturated rings. The molecule has 0 radical (unpaired) electrons. The molecule has 2 amide bonds. The van der Waals surface area contributed by atoms with Crippen LogP contribution in [0.4, 0.5) is 5.69 Å². The summed E-state index contributed by atoms with van der Waals surface area (Å²) in [6.07, 6.45) is 0.681. The zero-order valence-corrected chi connectivity index (χ0v) is 26.8. The first kappa shape index (κ1) is 33.0. The van der Waals surface area contributed by atoms with Crippen molar-refractivity contribution in [2.45, 2.75) is 57.6 Å². The van der Waals surface area contributed by atoms with E-state index in [-0.39, 0.29) is 33.2 Å². The molecule has 0 saturated carbocycles. The number of aryl methyl sites for hydroxylation is 1. The molecule has 0 heterocycles. The predicted octanol–water partition coefficient (Wildman–Crippen LogP) is 7.14. The number of hydrogen-bond donors (Lipinski definition) is 1. The highest BCUT2D eigenvalue weighted by Crippen LogP contribution is 2.31. The topological polar surface area (TPSA) is 86.8 Å². The molecule has 0 unspecified atom stereocenters. The summed E-state index contributed by atoms with van der Waals surface area (Å²) in [4.78, 5) is 28.4. The summed E-state index contributed by atoms with van der Waals surface area (Å²) >= 11 is 25.3. The Balaban J connectivity index is 2.10. The molecule has 0 aliphatic heterocycles. The molecule has 3 rings (SSSR count). The lowest BCUT2D eigenvalue weighted by atomic mass is 10.1. The molecule has 0 saturated heterocycles. The monoisotopic (exact) mass is 657 g/mol. The molecule has 0 spiro atoms. The van der Waals surface area contributed by atoms with Gasteiger partial charge in [0, 0.05) is 38.2 Å². The number of nitrogens with one attached hydrogen (secondary N) is 1. The van der Waals surface area contributed by atoms with Gasteiger partial charge in [-0.3, -0.25) is 13.9 Å². The van der Waals surface area contributed by atoms with Gasteiger partial charge in [0.15, 0.2) is 0 Å². The van der Waals surface area contributed by atoms with Crippen LogP contribution < -0.4 is 9.62 Å². The van der Waals surface area contributed by atoms with Crippen LogP contribution in [0.2, 0.25) is 20.1 Å². The fourth-order valence-electron chi connectivity index (χ4n) is 3.95. The van der Waals surface area contributed by atoms with Crippen molar-refractivity contribution in [1.29, 1.82) is 0 Å². The third-order valence-corrected chi connectivity index (χ3v) is 9.51. The van der Waals surface area contributed by atoms with Gasteiger partial charge in [-0.2, -0.15) is 0 Å². The molecule has 41 heavy (non-hydrogen) atoms. The normalized spacial score (nSPS) is 12.9. The predicted molar refractivity (Wildman–Crippen MR) is 167 cm³/mol. The summed E-state index contributed by atoms with van der Waals surface area (Å²) in [5, 5.41) is 3.85. The molecular formula is C29H31Cl4N3O4S. The van der Waals surface area contributed by atoms with E-state index < -0.39 is 34.4 Å². The number of sulfonamides is 1. The lowest BCUT2D eigenvalue weighted by Gasteiger charge is -2.33. The van der Waals surface area contributed by atoms with Crippen molar-refractivity contribution in [2.24, 2.45) is 0 Å². The lowest BCUT2D eigenvalue weighted by molar-refractivity contribution is -0.139. The summed E-state index contributed by atoms with van der Waals surface area (Å²) in [7, 11) is -4.28. The maximum Gasteiger partial charge on any atom is 0.264 e. The highest BCUT2D eigenvalue weighted by Gasteiger charge is 2.33. The molecule has 12 heteroatoms. The minimum Gasteiger partial charge on any atom is -0.352 e. The zero-order chi connectivity index (χ0) is 30.5. The first-order chi connectivity index (χ1) is 19.2. The van der Waals surface area contributed by atoms with E-state index in [1.165, 1.54) is 35.2 Å². The van der Waals surface area contributed by atoms with Gasteiger partial charge in [0.2, 0.25) is 11.8 Å². The van der Waals surface area contributed by atoms with Gasteiger partial charge in [-0.25, -0.2) is 8.42 Å². The van der Waals surface area contributed by atoms with E-state index in [0.29, 0.717) is 22.0 Å². The standard InChI is InChI=1S/C29H31Cl4N3O4S/c1-5-19(3)34-29(38)20(4)35(16-25-26(32)7-6-8-27(25)33)28(37)17-36(23-14-21(30)13-22(31)15-23)41(39,40)24-11-9-18(2)10-12-24/h6-15,19-20H,5,16-17H2,1-4H3,(H,34,38)/t19-,20+/m1/s1. The number of rotatable bonds is 11. The minimum absolute atomic E-state index is 0.0322. The Hall–Kier alpha value is -2.49. The Bertz CT molecular complexity index is 1480. The molecule has 7 nitrogen and oxygen atoms in total. The highest BCUT2D eigenvalue weighted by molar-refractivity contribution is 7.92. The van der Waals surface area contributed by atoms with Crippen LogP contribution in [-0.4, -0.2) is 43.8 Å². The van der Waals surface area contributed by atoms with Crippen LogP contribution in [0.25, 0.3) is 0 Å². The van der Waals surface area contributed by atoms with Gasteiger partial charge in [-0.05, 0) is 69.7 Å². The van der Waals surface area contributed by atoms with Crippen LogP contribution >= 0.6 is 46.4 Å². The number of carbonyl (C=O) groups is 2. The quantitative estimate of drug-likeness (QED) is 0.237. The maximum atomic E-state index is 14.0. The number of benzene rings is 3. The molecule has 0 aromatic heterocycles. The first-order valence-corrected chi connectivity index (χ1v) is 15.8. The van der Waals surface area contributed by atoms with E-state index in [9.17, 15) is 18.0 Å². The molecule has 0 aliphatic rings. The third-order valence-electron chi connectivity index (χ3n) is 6.58. The molecule has 1 N–H and O–H groups in total. The van der Waals surface area contributed by atoms with Crippen molar-refractivity contribution >= 4 is 73.9 Å². The summed E-state index contributed by atoms with van der Waals surface area (Å²) in [5.74, 6) is -1.07. The van der Waals surface area contributed by atoms with Crippen molar-refractivity contribution in [3.63, 3.8) is 0 Å². The highest BCUT2D eigenvalue weighted by atomic mass is 35.5. The second-order valence-electron chi connectivity index (χ2n) is 9.67. The maximum absolute atomic E-state index is 14.0. The Morgan fingerprint density at radius 2 is 1.46 bits per heavy atom. The summed E-state index contributed by atoms with van der Waals surface area (Å²) in [6.45, 7) is 6.37. The van der Waals surface area contributed by atoms with Gasteiger partial charge in [-0.15, -0.1) is 0 Å². The fourth-order valence-corrected chi connectivity index (χ4v) is 6.38. The molecular weight excluding hydrogens is 628 g/mol. The number of hydrogen-bond acceptors (Lipinski definition) is 4. The molecule has 3 aromatic carbocycles. The lowest BCUT2D eigenvalue weighted by Crippen LogP contribution is -2.52. The van der Waals surface area contributed by atoms with Crippen LogP contribution in [0.3, 0.4) is 0 Å². The average molecular weight is 659 g/mol. The van der Waals surface area contributed by atoms with E-state index >= 15 is 0 Å². The fraction of sp³-hybridized carbons (Fsp3) is 0.310. The van der Waals surface area contributed by atoms with Crippen LogP contribution in [0.1, 0.15) is 38.3 Å². The Morgan fingerprint density at radius 1 is 0.902 bits per heavy atom. The number of carbonyl (C=O) groups excluding carboxylic acids is 2. The van der Waals surface area contributed by atoms with Gasteiger partial charge in [0.05, 0.1) is 10.6 Å². The van der Waals surface area contributed by atoms with Crippen LogP contribution in [0.5, 0.6) is 0 Å². The average Bonchev–Trinajstić information content (AvgIpc) is 2.90. The third kappa shape index (κ3) is 8.30. The first-order valence-electron chi connectivity index (χ1n) is 12.8. The van der Waals surface area contributed by atoms with E-state index in [4.69, 9.17) is 46.4 Å². The second-order valence-corrected chi connectivity index (χ2v) is 13.2. The Kier molecular flexibility index (Phi) is 11.4. The van der Waals surface area contributed by atoms with Crippen molar-refractivity contribution in [2.75, 3.05) is 10.8 Å². The minimum atomic E-state index is -4.28.